The number of halogens is 4. The van der Waals surface area contributed by atoms with Crippen LogP contribution in [0.15, 0.2) is 47.8 Å². The zero-order chi connectivity index (χ0) is 22.6. The second-order valence-electron chi connectivity index (χ2n) is 7.23. The molecule has 0 unspecified atom stereocenters. The summed E-state index contributed by atoms with van der Waals surface area (Å²) < 4.78 is 56.9. The number of anilines is 1. The molecular weight excluding hydrogens is 428 g/mol. The van der Waals surface area contributed by atoms with Crippen molar-refractivity contribution in [2.24, 2.45) is 12.0 Å². The van der Waals surface area contributed by atoms with E-state index < -0.39 is 29.7 Å². The number of aryl methyl sites for hydroxylation is 1. The minimum atomic E-state index is -2.78. The van der Waals surface area contributed by atoms with Crippen molar-refractivity contribution < 1.29 is 22.4 Å². The third-order valence-electron chi connectivity index (χ3n) is 5.28. The van der Waals surface area contributed by atoms with E-state index in [1.165, 1.54) is 30.3 Å². The molecular formula is C21H14F4N6O. The van der Waals surface area contributed by atoms with E-state index in [2.05, 4.69) is 20.5 Å². The topological polar surface area (TPSA) is 77.1 Å². The number of nitrogens with zero attached hydrogens (tertiary/aromatic N) is 5. The average Bonchev–Trinajstić information content (AvgIpc) is 3.46. The van der Waals surface area contributed by atoms with Crippen LogP contribution in [0.4, 0.5) is 23.2 Å². The maximum Gasteiger partial charge on any atom is 0.333 e. The van der Waals surface area contributed by atoms with Gasteiger partial charge in [0.2, 0.25) is 0 Å². The molecule has 1 N–H and O–H groups in total. The molecule has 5 rings (SSSR count). The number of nitrogens with one attached hydrogen (secondary N) is 1. The van der Waals surface area contributed by atoms with E-state index in [-0.39, 0.29) is 16.6 Å². The second-order valence-corrected chi connectivity index (χ2v) is 7.23. The van der Waals surface area contributed by atoms with Crippen molar-refractivity contribution >= 4 is 28.2 Å². The Labute approximate surface area is 178 Å². The molecule has 32 heavy (non-hydrogen) atoms. The fourth-order valence-electron chi connectivity index (χ4n) is 3.70. The van der Waals surface area contributed by atoms with Gasteiger partial charge >= 0.3 is 6.55 Å². The maximum atomic E-state index is 14.8. The Kier molecular flexibility index (Phi) is 4.54. The molecule has 0 atom stereocenters. The number of aliphatic imine (C=N–C) groups is 1. The third-order valence-corrected chi connectivity index (χ3v) is 5.28. The van der Waals surface area contributed by atoms with Crippen LogP contribution in [0.1, 0.15) is 33.6 Å². The molecule has 0 saturated carbocycles. The summed E-state index contributed by atoms with van der Waals surface area (Å²) in [5.74, 6) is -2.99. The van der Waals surface area contributed by atoms with Crippen molar-refractivity contribution in [3.05, 3.63) is 76.7 Å². The molecule has 0 aliphatic carbocycles. The molecule has 4 aromatic rings. The largest absolute Gasteiger partial charge is 0.333 e. The lowest BCUT2D eigenvalue weighted by Crippen LogP contribution is -2.16. The minimum absolute atomic E-state index is 0.0264. The van der Waals surface area contributed by atoms with Crippen LogP contribution in [0.5, 0.6) is 0 Å². The standard InChI is InChI=1S/C21H14F4N6O/c1-30-16-5-15(22)17(18(23)14(16)8-27-30)20(32)29-12-3-2-10-6-26-19(13(10)4-12)11-7-28-31(9-11)21(24)25/h2-5,7-9,21H,6H2,1H3,(H,29,32). The van der Waals surface area contributed by atoms with Gasteiger partial charge in [-0.15, -0.1) is 0 Å². The van der Waals surface area contributed by atoms with Crippen LogP contribution in [0.3, 0.4) is 0 Å². The van der Waals surface area contributed by atoms with E-state index in [1.807, 2.05) is 0 Å². The Morgan fingerprint density at radius 1 is 1.16 bits per heavy atom. The second kappa shape index (κ2) is 7.29. The smallest absolute Gasteiger partial charge is 0.322 e. The highest BCUT2D eigenvalue weighted by Gasteiger charge is 2.24. The fraction of sp³-hybridized carbons (Fsp3) is 0.143. The average molecular weight is 442 g/mol. The molecule has 0 saturated heterocycles. The number of hydrogen-bond acceptors (Lipinski definition) is 4. The van der Waals surface area contributed by atoms with Crippen molar-refractivity contribution in [3.8, 4) is 0 Å². The van der Waals surface area contributed by atoms with Crippen LogP contribution >= 0.6 is 0 Å². The first kappa shape index (κ1) is 19.9. The molecule has 0 spiro atoms. The SMILES string of the molecule is Cn1ncc2c(F)c(C(=O)Nc3ccc4c(c3)C(c3cnn(C(F)F)c3)=NC4)c(F)cc21. The van der Waals surface area contributed by atoms with E-state index in [0.29, 0.717) is 28.1 Å². The Morgan fingerprint density at radius 3 is 2.72 bits per heavy atom. The quantitative estimate of drug-likeness (QED) is 0.485. The lowest BCUT2D eigenvalue weighted by Gasteiger charge is -2.10. The summed E-state index contributed by atoms with van der Waals surface area (Å²) in [6, 6.07) is 5.91. The first-order valence-corrected chi connectivity index (χ1v) is 9.45. The molecule has 3 heterocycles. The predicted molar refractivity (Wildman–Crippen MR) is 108 cm³/mol. The van der Waals surface area contributed by atoms with Gasteiger partial charge in [-0.25, -0.2) is 13.5 Å². The van der Waals surface area contributed by atoms with Gasteiger partial charge < -0.3 is 5.32 Å². The van der Waals surface area contributed by atoms with Gasteiger partial charge in [0.1, 0.15) is 17.2 Å². The van der Waals surface area contributed by atoms with Gasteiger partial charge in [-0.3, -0.25) is 14.5 Å². The molecule has 162 valence electrons. The summed E-state index contributed by atoms with van der Waals surface area (Å²) in [5.41, 5.74) is 2.04. The van der Waals surface area contributed by atoms with Crippen molar-refractivity contribution in [3.63, 3.8) is 0 Å². The van der Waals surface area contributed by atoms with Gasteiger partial charge in [-0.1, -0.05) is 6.07 Å². The highest BCUT2D eigenvalue weighted by atomic mass is 19.3. The van der Waals surface area contributed by atoms with Crippen LogP contribution in [-0.2, 0) is 13.6 Å². The van der Waals surface area contributed by atoms with Crippen molar-refractivity contribution in [1.29, 1.82) is 0 Å². The summed E-state index contributed by atoms with van der Waals surface area (Å²) in [4.78, 5) is 17.1. The van der Waals surface area contributed by atoms with E-state index in [1.54, 1.807) is 18.2 Å². The molecule has 0 fully saturated rings. The minimum Gasteiger partial charge on any atom is -0.322 e. The van der Waals surface area contributed by atoms with Crippen molar-refractivity contribution in [1.82, 2.24) is 19.6 Å². The van der Waals surface area contributed by atoms with Crippen LogP contribution < -0.4 is 5.32 Å². The van der Waals surface area contributed by atoms with Crippen LogP contribution in [0.25, 0.3) is 10.9 Å². The summed E-state index contributed by atoms with van der Waals surface area (Å²) >= 11 is 0. The predicted octanol–water partition coefficient (Wildman–Crippen LogP) is 4.05. The Bertz CT molecular complexity index is 1420. The molecule has 1 aliphatic heterocycles. The number of alkyl halides is 2. The molecule has 0 bridgehead atoms. The Hall–Kier alpha value is -4.02. The van der Waals surface area contributed by atoms with Gasteiger partial charge in [0.25, 0.3) is 5.91 Å². The summed E-state index contributed by atoms with van der Waals surface area (Å²) in [6.45, 7) is -2.45. The zero-order valence-corrected chi connectivity index (χ0v) is 16.5. The molecule has 2 aromatic carbocycles. The Balaban J connectivity index is 1.46. The number of carbonyl (C=O) groups is 1. The molecule has 1 amide bonds. The highest BCUT2D eigenvalue weighted by Crippen LogP contribution is 2.28. The summed E-state index contributed by atoms with van der Waals surface area (Å²) in [5, 5.41) is 10.0. The maximum absolute atomic E-state index is 14.8. The zero-order valence-electron chi connectivity index (χ0n) is 16.5. The lowest BCUT2D eigenvalue weighted by atomic mass is 10.0. The molecule has 7 nitrogen and oxygen atoms in total. The van der Waals surface area contributed by atoms with E-state index in [0.717, 1.165) is 11.6 Å². The number of benzene rings is 2. The fourth-order valence-corrected chi connectivity index (χ4v) is 3.70. The number of hydrogen-bond donors (Lipinski definition) is 1. The Morgan fingerprint density at radius 2 is 1.97 bits per heavy atom. The van der Waals surface area contributed by atoms with E-state index >= 15 is 0 Å². The van der Waals surface area contributed by atoms with Crippen molar-refractivity contribution in [2.45, 2.75) is 13.1 Å². The number of carbonyl (C=O) groups excluding carboxylic acids is 1. The monoisotopic (exact) mass is 442 g/mol. The first-order chi connectivity index (χ1) is 15.3. The van der Waals surface area contributed by atoms with Crippen LogP contribution in [-0.4, -0.2) is 31.2 Å². The molecule has 0 radical (unpaired) electrons. The van der Waals surface area contributed by atoms with Gasteiger partial charge in [0.05, 0.1) is 35.6 Å². The van der Waals surface area contributed by atoms with Gasteiger partial charge in [-0.05, 0) is 17.7 Å². The lowest BCUT2D eigenvalue weighted by molar-refractivity contribution is 0.0566. The van der Waals surface area contributed by atoms with Crippen molar-refractivity contribution in [2.75, 3.05) is 5.32 Å². The molecule has 11 heteroatoms. The summed E-state index contributed by atoms with van der Waals surface area (Å²) in [6.07, 6.45) is 3.68. The molecule has 1 aliphatic rings. The first-order valence-electron chi connectivity index (χ1n) is 9.45. The van der Waals surface area contributed by atoms with Gasteiger partial charge in [0.15, 0.2) is 0 Å². The van der Waals surface area contributed by atoms with Gasteiger partial charge in [-0.2, -0.15) is 19.0 Å². The third kappa shape index (κ3) is 3.13. The molecule has 2 aromatic heterocycles. The van der Waals surface area contributed by atoms with Crippen LogP contribution in [0, 0.1) is 11.6 Å². The van der Waals surface area contributed by atoms with E-state index in [4.69, 9.17) is 0 Å². The summed E-state index contributed by atoms with van der Waals surface area (Å²) in [7, 11) is 1.54. The highest BCUT2D eigenvalue weighted by molar-refractivity contribution is 6.16. The normalized spacial score (nSPS) is 13.0. The number of rotatable bonds is 4. The number of aromatic nitrogens is 4. The van der Waals surface area contributed by atoms with Gasteiger partial charge in [0, 0.05) is 36.1 Å². The van der Waals surface area contributed by atoms with E-state index in [9.17, 15) is 22.4 Å². The number of amides is 1. The van der Waals surface area contributed by atoms with Crippen LogP contribution in [0.2, 0.25) is 0 Å². The number of fused-ring (bicyclic) bond motifs is 2.